The highest BCUT2D eigenvalue weighted by Crippen LogP contribution is 2.47. The lowest BCUT2D eigenvalue weighted by atomic mass is 9.69. The van der Waals surface area contributed by atoms with Gasteiger partial charge in [0.15, 0.2) is 0 Å². The number of piperidine rings is 2. The summed E-state index contributed by atoms with van der Waals surface area (Å²) in [6, 6.07) is 28.3. The molecule has 4 aromatic rings. The number of carbonyl (C=O) groups is 4. The summed E-state index contributed by atoms with van der Waals surface area (Å²) < 4.78 is 16.3. The van der Waals surface area contributed by atoms with E-state index in [1.807, 2.05) is 12.1 Å². The number of benzene rings is 4. The Morgan fingerprint density at radius 2 is 1.43 bits per heavy atom. The largest absolute Gasteiger partial charge is 0.508 e. The van der Waals surface area contributed by atoms with Crippen LogP contribution in [-0.2, 0) is 29.1 Å². The molecule has 3 atom stereocenters. The van der Waals surface area contributed by atoms with Gasteiger partial charge in [-0.15, -0.1) is 0 Å². The van der Waals surface area contributed by atoms with Crippen molar-refractivity contribution in [1.82, 2.24) is 20.0 Å². The number of rotatable bonds is 8. The minimum atomic E-state index is -1.30. The van der Waals surface area contributed by atoms with Crippen LogP contribution in [0.1, 0.15) is 98.0 Å². The van der Waals surface area contributed by atoms with Gasteiger partial charge in [-0.3, -0.25) is 34.3 Å². The molecule has 5 heterocycles. The molecule has 10 rings (SSSR count). The van der Waals surface area contributed by atoms with Crippen LogP contribution < -0.4 is 10.2 Å². The fraction of sp³-hybridized carbons (Fsp3) is 0.404. The molecule has 5 aliphatic heterocycles. The smallest absolute Gasteiger partial charge is 0.262 e. The third kappa shape index (κ3) is 6.67. The number of phenolic OH excluding ortho intramolecular Hbond substituents is 1. The van der Waals surface area contributed by atoms with E-state index < -0.39 is 35.3 Å². The Morgan fingerprint density at radius 1 is 0.741 bits per heavy atom. The Bertz CT molecular complexity index is 2260. The first-order valence-corrected chi connectivity index (χ1v) is 20.8. The fourth-order valence-corrected chi connectivity index (χ4v) is 10.7. The minimum absolute atomic E-state index is 0.0783. The molecule has 0 radical (unpaired) electrons. The van der Waals surface area contributed by atoms with E-state index in [9.17, 15) is 24.3 Å². The Labute approximate surface area is 337 Å². The molecule has 298 valence electrons. The normalized spacial score (nSPS) is 24.7. The van der Waals surface area contributed by atoms with Gasteiger partial charge in [0.25, 0.3) is 11.8 Å². The third-order valence-corrected chi connectivity index (χ3v) is 13.7. The molecule has 0 saturated carbocycles. The molecule has 10 nitrogen and oxygen atoms in total. The van der Waals surface area contributed by atoms with E-state index in [1.165, 1.54) is 27.9 Å². The van der Waals surface area contributed by atoms with Crippen molar-refractivity contribution < 1.29 is 28.7 Å². The Hall–Kier alpha value is -5.39. The van der Waals surface area contributed by atoms with Crippen LogP contribution in [0.3, 0.4) is 0 Å². The second-order valence-electron chi connectivity index (χ2n) is 17.5. The quantitative estimate of drug-likeness (QED) is 0.212. The van der Waals surface area contributed by atoms with Crippen molar-refractivity contribution in [3.63, 3.8) is 0 Å². The topological polar surface area (TPSA) is 114 Å². The average molecular weight is 782 g/mol. The Kier molecular flexibility index (Phi) is 9.20. The van der Waals surface area contributed by atoms with Crippen molar-refractivity contribution >= 4 is 29.3 Å². The van der Waals surface area contributed by atoms with Crippen molar-refractivity contribution in [3.8, 4) is 5.75 Å². The molecular weight excluding hydrogens is 734 g/mol. The maximum Gasteiger partial charge on any atom is 0.262 e. The average Bonchev–Trinajstić information content (AvgIpc) is 3.71. The van der Waals surface area contributed by atoms with Crippen molar-refractivity contribution in [2.24, 2.45) is 5.92 Å². The predicted molar refractivity (Wildman–Crippen MR) is 216 cm³/mol. The zero-order chi connectivity index (χ0) is 39.7. The van der Waals surface area contributed by atoms with Gasteiger partial charge < -0.3 is 14.9 Å². The molecule has 0 aromatic heterocycles. The maximum atomic E-state index is 16.3. The Balaban J connectivity index is 0.715. The summed E-state index contributed by atoms with van der Waals surface area (Å²) in [5.41, 5.74) is 7.49. The summed E-state index contributed by atoms with van der Waals surface area (Å²) in [5, 5.41) is 12.4. The summed E-state index contributed by atoms with van der Waals surface area (Å²) in [6.45, 7) is 5.69. The van der Waals surface area contributed by atoms with Gasteiger partial charge >= 0.3 is 0 Å². The zero-order valence-electron chi connectivity index (χ0n) is 32.5. The minimum Gasteiger partial charge on any atom is -0.508 e. The van der Waals surface area contributed by atoms with Gasteiger partial charge in [-0.2, -0.15) is 0 Å². The van der Waals surface area contributed by atoms with Crippen molar-refractivity contribution in [3.05, 3.63) is 129 Å². The molecule has 0 bridgehead atoms. The number of hydrogen-bond acceptors (Lipinski definition) is 8. The van der Waals surface area contributed by atoms with Crippen LogP contribution in [0.2, 0.25) is 0 Å². The van der Waals surface area contributed by atoms with Crippen LogP contribution in [0.5, 0.6) is 5.75 Å². The van der Waals surface area contributed by atoms with E-state index >= 15 is 4.39 Å². The van der Waals surface area contributed by atoms with Gasteiger partial charge in [0.05, 0.1) is 11.1 Å². The van der Waals surface area contributed by atoms with Crippen molar-refractivity contribution in [1.29, 1.82) is 0 Å². The molecule has 3 saturated heterocycles. The predicted octanol–water partition coefficient (Wildman–Crippen LogP) is 5.91. The van der Waals surface area contributed by atoms with Gasteiger partial charge in [-0.1, -0.05) is 48.5 Å². The van der Waals surface area contributed by atoms with Crippen LogP contribution in [0.25, 0.3) is 0 Å². The summed E-state index contributed by atoms with van der Waals surface area (Å²) >= 11 is 0. The molecule has 4 aromatic carbocycles. The molecule has 2 N–H and O–H groups in total. The summed E-state index contributed by atoms with van der Waals surface area (Å²) in [6.07, 6.45) is 3.14. The Morgan fingerprint density at radius 3 is 2.10 bits per heavy atom. The molecule has 1 unspecified atom stereocenters. The molecule has 58 heavy (non-hydrogen) atoms. The zero-order valence-corrected chi connectivity index (χ0v) is 32.5. The number of imide groups is 2. The number of nitrogens with one attached hydrogen (secondary N) is 1. The molecule has 4 amide bonds. The van der Waals surface area contributed by atoms with Crippen LogP contribution in [0, 0.1) is 5.92 Å². The lowest BCUT2D eigenvalue weighted by Crippen LogP contribution is -2.54. The number of carbonyl (C=O) groups excluding carboxylic acids is 4. The highest BCUT2D eigenvalue weighted by Gasteiger charge is 2.46. The van der Waals surface area contributed by atoms with E-state index in [-0.39, 0.29) is 29.9 Å². The first kappa shape index (κ1) is 36.9. The number of amides is 4. The number of fused-ring (bicyclic) bond motifs is 3. The van der Waals surface area contributed by atoms with Gasteiger partial charge in [-0.05, 0) is 108 Å². The van der Waals surface area contributed by atoms with Gasteiger partial charge in [-0.25, -0.2) is 4.39 Å². The highest BCUT2D eigenvalue weighted by atomic mass is 19.1. The first-order chi connectivity index (χ1) is 28.1. The molecular formula is C47H48FN5O5. The van der Waals surface area contributed by atoms with Gasteiger partial charge in [0.2, 0.25) is 11.8 Å². The number of hydrogen-bond donors (Lipinski definition) is 2. The molecule has 6 aliphatic rings. The lowest BCUT2D eigenvalue weighted by molar-refractivity contribution is -0.136. The number of phenols is 1. The summed E-state index contributed by atoms with van der Waals surface area (Å²) in [4.78, 5) is 58.6. The second-order valence-corrected chi connectivity index (χ2v) is 17.5. The second kappa shape index (κ2) is 14.5. The van der Waals surface area contributed by atoms with E-state index in [1.54, 1.807) is 12.1 Å². The standard InChI is InChI=1S/C47H48FN5O5/c48-47(28-51-26-33-21-39-40(22-34(33)27-51)46(58)53(45(39)57)41-14-15-42(55)49-44(41)56)16-18-50(19-17-47)23-29-24-52(25-29)35-9-6-31(7-10-35)43-37(30-4-2-1-3-5-30)12-8-32-20-36(54)11-13-38(32)43/h1-7,9-11,13,20-22,29,37,41,43,54H,8,12,14-19,23-28H2,(H,49,55,56)/t37-,41?,43+/m1/s1. The van der Waals surface area contributed by atoms with Crippen molar-refractivity contribution in [2.45, 2.75) is 75.2 Å². The number of nitrogens with zero attached hydrogens (tertiary/aromatic N) is 4. The van der Waals surface area contributed by atoms with Crippen molar-refractivity contribution in [2.75, 3.05) is 44.2 Å². The third-order valence-electron chi connectivity index (χ3n) is 13.7. The molecule has 1 aliphatic carbocycles. The van der Waals surface area contributed by atoms with E-state index in [0.717, 1.165) is 61.6 Å². The van der Waals surface area contributed by atoms with Gasteiger partial charge in [0, 0.05) is 76.3 Å². The molecule has 11 heteroatoms. The monoisotopic (exact) mass is 781 g/mol. The molecule has 0 spiro atoms. The first-order valence-electron chi connectivity index (χ1n) is 20.8. The number of halogens is 1. The number of anilines is 1. The molecule has 3 fully saturated rings. The summed E-state index contributed by atoms with van der Waals surface area (Å²) in [7, 11) is 0. The number of aromatic hydroxyl groups is 1. The van der Waals surface area contributed by atoms with E-state index in [2.05, 4.69) is 80.7 Å². The maximum absolute atomic E-state index is 16.3. The van der Waals surface area contributed by atoms with E-state index in [4.69, 9.17) is 0 Å². The highest BCUT2D eigenvalue weighted by molar-refractivity contribution is 6.23. The van der Waals surface area contributed by atoms with Crippen LogP contribution >= 0.6 is 0 Å². The van der Waals surface area contributed by atoms with E-state index in [0.29, 0.717) is 50.1 Å². The fourth-order valence-electron chi connectivity index (χ4n) is 10.7. The summed E-state index contributed by atoms with van der Waals surface area (Å²) in [5.74, 6) is -0.587. The van der Waals surface area contributed by atoms with Gasteiger partial charge in [0.1, 0.15) is 17.5 Å². The number of aryl methyl sites for hydroxylation is 1. The number of likely N-dealkylation sites (tertiary alicyclic amines) is 1. The number of alkyl halides is 1. The SMILES string of the molecule is O=C1CCC(N2C(=O)c3cc4c(cc3C2=O)CN(CC2(F)CCN(CC3CN(c5ccc([C@@H]6c7ccc(O)cc7CC[C@@H]6c6ccccc6)cc5)C3)CC2)C4)C(=O)N1. The van der Waals surface area contributed by atoms with Crippen LogP contribution in [0.4, 0.5) is 10.1 Å². The van der Waals surface area contributed by atoms with Crippen LogP contribution in [-0.4, -0.2) is 94.4 Å². The lowest BCUT2D eigenvalue weighted by Gasteiger charge is -2.45. The van der Waals surface area contributed by atoms with Crippen LogP contribution in [0.15, 0.2) is 84.9 Å².